The zero-order valence-electron chi connectivity index (χ0n) is 14.2. The molecular weight excluding hydrogens is 302 g/mol. The van der Waals surface area contributed by atoms with Gasteiger partial charge >= 0.3 is 0 Å². The molecule has 128 valence electrons. The summed E-state index contributed by atoms with van der Waals surface area (Å²) in [6.45, 7) is 8.92. The van der Waals surface area contributed by atoms with Gasteiger partial charge < -0.3 is 9.15 Å². The SMILES string of the molecule is Cc1cccc(CN2C[C@@H]3CN(Cc4ccoc4)CCO[C@@H]3C2)n1. The van der Waals surface area contributed by atoms with Crippen molar-refractivity contribution in [2.75, 3.05) is 32.8 Å². The van der Waals surface area contributed by atoms with Crippen molar-refractivity contribution in [1.29, 1.82) is 0 Å². The van der Waals surface area contributed by atoms with Gasteiger partial charge in [-0.05, 0) is 25.1 Å². The molecule has 5 heteroatoms. The highest BCUT2D eigenvalue weighted by atomic mass is 16.5. The second-order valence-electron chi connectivity index (χ2n) is 7.00. The minimum atomic E-state index is 0.351. The van der Waals surface area contributed by atoms with E-state index >= 15 is 0 Å². The molecule has 2 aromatic rings. The first-order chi connectivity index (χ1) is 11.8. The Balaban J connectivity index is 1.37. The van der Waals surface area contributed by atoms with Crippen LogP contribution in [0.1, 0.15) is 17.0 Å². The summed E-state index contributed by atoms with van der Waals surface area (Å²) in [5, 5.41) is 0. The summed E-state index contributed by atoms with van der Waals surface area (Å²) in [7, 11) is 0. The molecule has 0 bridgehead atoms. The topological polar surface area (TPSA) is 41.7 Å². The number of hydrogen-bond acceptors (Lipinski definition) is 5. The van der Waals surface area contributed by atoms with Gasteiger partial charge in [-0.1, -0.05) is 6.07 Å². The second kappa shape index (κ2) is 7.05. The molecule has 4 heterocycles. The van der Waals surface area contributed by atoms with Crippen LogP contribution in [0, 0.1) is 12.8 Å². The highest BCUT2D eigenvalue weighted by molar-refractivity contribution is 5.10. The van der Waals surface area contributed by atoms with E-state index in [0.717, 1.165) is 57.3 Å². The van der Waals surface area contributed by atoms with Gasteiger partial charge in [0.2, 0.25) is 0 Å². The number of aryl methyl sites for hydroxylation is 1. The van der Waals surface area contributed by atoms with Crippen molar-refractivity contribution in [2.24, 2.45) is 5.92 Å². The summed E-state index contributed by atoms with van der Waals surface area (Å²) in [4.78, 5) is 9.61. The van der Waals surface area contributed by atoms with Crippen molar-refractivity contribution in [3.05, 3.63) is 53.7 Å². The minimum absolute atomic E-state index is 0.351. The summed E-state index contributed by atoms with van der Waals surface area (Å²) < 4.78 is 11.3. The summed E-state index contributed by atoms with van der Waals surface area (Å²) in [5.41, 5.74) is 3.48. The number of nitrogens with zero attached hydrogens (tertiary/aromatic N) is 3. The van der Waals surface area contributed by atoms with Gasteiger partial charge in [0.15, 0.2) is 0 Å². The van der Waals surface area contributed by atoms with E-state index in [1.807, 2.05) is 25.3 Å². The monoisotopic (exact) mass is 327 g/mol. The number of furan rings is 1. The summed E-state index contributed by atoms with van der Waals surface area (Å²) in [6, 6.07) is 8.31. The van der Waals surface area contributed by atoms with Crippen molar-refractivity contribution >= 4 is 0 Å². The molecule has 4 rings (SSSR count). The lowest BCUT2D eigenvalue weighted by Gasteiger charge is -2.22. The molecule has 5 nitrogen and oxygen atoms in total. The minimum Gasteiger partial charge on any atom is -0.472 e. The molecule has 2 aliphatic heterocycles. The van der Waals surface area contributed by atoms with Crippen LogP contribution >= 0.6 is 0 Å². The zero-order chi connectivity index (χ0) is 16.4. The molecule has 2 atom stereocenters. The lowest BCUT2D eigenvalue weighted by atomic mass is 10.1. The van der Waals surface area contributed by atoms with Crippen LogP contribution in [-0.4, -0.2) is 53.7 Å². The fraction of sp³-hybridized carbons (Fsp3) is 0.526. The Morgan fingerprint density at radius 2 is 2.04 bits per heavy atom. The Kier molecular flexibility index (Phi) is 4.65. The quantitative estimate of drug-likeness (QED) is 0.862. The molecular formula is C19H25N3O2. The molecule has 0 amide bonds. The molecule has 0 unspecified atom stereocenters. The molecule has 0 saturated carbocycles. The maximum Gasteiger partial charge on any atom is 0.0947 e. The first-order valence-electron chi connectivity index (χ1n) is 8.76. The van der Waals surface area contributed by atoms with Crippen LogP contribution in [0.2, 0.25) is 0 Å². The van der Waals surface area contributed by atoms with Crippen LogP contribution in [0.5, 0.6) is 0 Å². The van der Waals surface area contributed by atoms with Crippen molar-refractivity contribution in [3.8, 4) is 0 Å². The van der Waals surface area contributed by atoms with E-state index < -0.39 is 0 Å². The van der Waals surface area contributed by atoms with Gasteiger partial charge in [0, 0.05) is 56.4 Å². The molecule has 2 fully saturated rings. The summed E-state index contributed by atoms with van der Waals surface area (Å²) in [6.07, 6.45) is 3.94. The Morgan fingerprint density at radius 1 is 1.12 bits per heavy atom. The van der Waals surface area contributed by atoms with E-state index in [9.17, 15) is 0 Å². The average molecular weight is 327 g/mol. The first kappa shape index (κ1) is 15.8. The van der Waals surface area contributed by atoms with Crippen LogP contribution in [-0.2, 0) is 17.8 Å². The summed E-state index contributed by atoms with van der Waals surface area (Å²) in [5.74, 6) is 0.573. The van der Waals surface area contributed by atoms with Crippen LogP contribution in [0.15, 0.2) is 41.2 Å². The maximum absolute atomic E-state index is 6.14. The highest BCUT2D eigenvalue weighted by Gasteiger charge is 2.36. The van der Waals surface area contributed by atoms with Crippen molar-refractivity contribution in [2.45, 2.75) is 26.1 Å². The lowest BCUT2D eigenvalue weighted by Crippen LogP contribution is -2.32. The Bertz CT molecular complexity index is 658. The average Bonchev–Trinajstić information content (AvgIpc) is 3.14. The fourth-order valence-electron chi connectivity index (χ4n) is 3.88. The van der Waals surface area contributed by atoms with Crippen LogP contribution in [0.3, 0.4) is 0 Å². The van der Waals surface area contributed by atoms with E-state index in [0.29, 0.717) is 12.0 Å². The Morgan fingerprint density at radius 3 is 2.88 bits per heavy atom. The van der Waals surface area contributed by atoms with Gasteiger partial charge in [-0.25, -0.2) is 0 Å². The van der Waals surface area contributed by atoms with E-state index in [4.69, 9.17) is 9.15 Å². The Labute approximate surface area is 143 Å². The molecule has 0 aromatic carbocycles. The van der Waals surface area contributed by atoms with Gasteiger partial charge in [-0.2, -0.15) is 0 Å². The van der Waals surface area contributed by atoms with Crippen molar-refractivity contribution in [1.82, 2.24) is 14.8 Å². The van der Waals surface area contributed by atoms with E-state index in [1.54, 1.807) is 6.26 Å². The van der Waals surface area contributed by atoms with Gasteiger partial charge in [0.1, 0.15) is 0 Å². The van der Waals surface area contributed by atoms with Gasteiger partial charge in [0.05, 0.1) is 30.9 Å². The number of pyridine rings is 1. The smallest absolute Gasteiger partial charge is 0.0947 e. The van der Waals surface area contributed by atoms with Gasteiger partial charge in [-0.3, -0.25) is 14.8 Å². The highest BCUT2D eigenvalue weighted by Crippen LogP contribution is 2.25. The molecule has 0 N–H and O–H groups in total. The third-order valence-corrected chi connectivity index (χ3v) is 5.01. The molecule has 2 aromatic heterocycles. The predicted molar refractivity (Wildman–Crippen MR) is 91.5 cm³/mol. The largest absolute Gasteiger partial charge is 0.472 e. The van der Waals surface area contributed by atoms with Crippen LogP contribution in [0.4, 0.5) is 0 Å². The molecule has 0 spiro atoms. The number of hydrogen-bond donors (Lipinski definition) is 0. The third-order valence-electron chi connectivity index (χ3n) is 5.01. The fourth-order valence-corrected chi connectivity index (χ4v) is 3.88. The van der Waals surface area contributed by atoms with Gasteiger partial charge in [-0.15, -0.1) is 0 Å². The predicted octanol–water partition coefficient (Wildman–Crippen LogP) is 2.32. The Hall–Kier alpha value is -1.69. The molecule has 0 radical (unpaired) electrons. The standard InChI is InChI=1S/C19H25N3O2/c1-15-3-2-4-18(20-15)12-22-11-17-10-21(6-8-24-19(17)13-22)9-16-5-7-23-14-16/h2-5,7,14,17,19H,6,8-13H2,1H3/t17-,19+/m0/s1. The van der Waals surface area contributed by atoms with Gasteiger partial charge in [0.25, 0.3) is 0 Å². The maximum atomic E-state index is 6.14. The molecule has 2 aliphatic rings. The third kappa shape index (κ3) is 3.69. The second-order valence-corrected chi connectivity index (χ2v) is 7.00. The molecule has 0 aliphatic carbocycles. The van der Waals surface area contributed by atoms with E-state index in [2.05, 4.69) is 26.9 Å². The summed E-state index contributed by atoms with van der Waals surface area (Å²) >= 11 is 0. The molecule has 24 heavy (non-hydrogen) atoms. The van der Waals surface area contributed by atoms with Crippen molar-refractivity contribution < 1.29 is 9.15 Å². The normalized spacial score (nSPS) is 25.5. The number of aromatic nitrogens is 1. The van der Waals surface area contributed by atoms with Crippen molar-refractivity contribution in [3.63, 3.8) is 0 Å². The number of ether oxygens (including phenoxy) is 1. The molecule has 2 saturated heterocycles. The number of fused-ring (bicyclic) bond motifs is 1. The first-order valence-corrected chi connectivity index (χ1v) is 8.76. The van der Waals surface area contributed by atoms with Crippen LogP contribution in [0.25, 0.3) is 0 Å². The van der Waals surface area contributed by atoms with E-state index in [-0.39, 0.29) is 0 Å². The number of likely N-dealkylation sites (tertiary alicyclic amines) is 1. The lowest BCUT2D eigenvalue weighted by molar-refractivity contribution is 0.0509. The number of rotatable bonds is 4. The van der Waals surface area contributed by atoms with Crippen LogP contribution < -0.4 is 0 Å². The van der Waals surface area contributed by atoms with E-state index in [1.165, 1.54) is 5.56 Å². The zero-order valence-corrected chi connectivity index (χ0v) is 14.2.